The molecule has 0 aliphatic heterocycles. The van der Waals surface area contributed by atoms with E-state index in [2.05, 4.69) is 20.6 Å². The van der Waals surface area contributed by atoms with Crippen LogP contribution in [0.2, 0.25) is 0 Å². The van der Waals surface area contributed by atoms with Crippen molar-refractivity contribution in [1.29, 1.82) is 0 Å². The lowest BCUT2D eigenvalue weighted by Gasteiger charge is -2.43. The molecule has 1 saturated carbocycles. The van der Waals surface area contributed by atoms with E-state index in [9.17, 15) is 4.79 Å². The van der Waals surface area contributed by atoms with E-state index in [0.717, 1.165) is 0 Å². The average molecular weight is 267 g/mol. The lowest BCUT2D eigenvalue weighted by molar-refractivity contribution is -0.133. The Balaban J connectivity index is 2.01. The van der Waals surface area contributed by atoms with Gasteiger partial charge in [0.15, 0.2) is 11.7 Å². The van der Waals surface area contributed by atoms with Gasteiger partial charge < -0.3 is 20.8 Å². The first-order chi connectivity index (χ1) is 8.98. The molecule has 2 rings (SSSR count). The van der Waals surface area contributed by atoms with Crippen LogP contribution in [0.4, 0.5) is 0 Å². The van der Waals surface area contributed by atoms with Crippen molar-refractivity contribution >= 4 is 11.7 Å². The molecule has 0 atom stereocenters. The van der Waals surface area contributed by atoms with Gasteiger partial charge in [0.2, 0.25) is 11.8 Å². The zero-order valence-corrected chi connectivity index (χ0v) is 10.9. The Morgan fingerprint density at radius 1 is 1.68 bits per heavy atom. The predicted molar refractivity (Wildman–Crippen MR) is 65.1 cm³/mol. The Morgan fingerprint density at radius 3 is 2.84 bits per heavy atom. The van der Waals surface area contributed by atoms with Gasteiger partial charge in [-0.05, 0) is 18.8 Å². The van der Waals surface area contributed by atoms with E-state index in [-0.39, 0.29) is 18.3 Å². The van der Waals surface area contributed by atoms with Crippen molar-refractivity contribution in [3.05, 3.63) is 11.7 Å². The molecule has 1 aromatic heterocycles. The molecule has 8 nitrogen and oxygen atoms in total. The Morgan fingerprint density at radius 2 is 2.37 bits per heavy atom. The molecule has 1 heterocycles. The second-order valence-electron chi connectivity index (χ2n) is 4.99. The van der Waals surface area contributed by atoms with E-state index in [1.165, 1.54) is 0 Å². The number of oxime groups is 1. The van der Waals surface area contributed by atoms with Crippen LogP contribution in [-0.2, 0) is 11.3 Å². The van der Waals surface area contributed by atoms with Crippen molar-refractivity contribution in [3.8, 4) is 0 Å². The fourth-order valence-corrected chi connectivity index (χ4v) is 2.48. The van der Waals surface area contributed by atoms with E-state index in [4.69, 9.17) is 15.5 Å². The summed E-state index contributed by atoms with van der Waals surface area (Å²) < 4.78 is 4.81. The first kappa shape index (κ1) is 13.3. The van der Waals surface area contributed by atoms with Crippen LogP contribution in [-0.4, -0.2) is 27.1 Å². The molecule has 0 unspecified atom stereocenters. The smallest absolute Gasteiger partial charge is 0.234 e. The van der Waals surface area contributed by atoms with Crippen LogP contribution in [0.3, 0.4) is 0 Å². The van der Waals surface area contributed by atoms with Gasteiger partial charge in [0, 0.05) is 6.92 Å². The predicted octanol–water partition coefficient (Wildman–Crippen LogP) is 0.157. The highest BCUT2D eigenvalue weighted by Crippen LogP contribution is 2.45. The molecule has 104 valence electrons. The van der Waals surface area contributed by atoms with Crippen LogP contribution in [0.15, 0.2) is 9.68 Å². The maximum atomic E-state index is 12.2. The summed E-state index contributed by atoms with van der Waals surface area (Å²) in [4.78, 5) is 16.2. The SMILES string of the molecule is Cc1nc(CNC(=O)C2(C(N)=NO)CC(C)C2)no1. The van der Waals surface area contributed by atoms with Gasteiger partial charge in [0.25, 0.3) is 0 Å². The fourth-order valence-electron chi connectivity index (χ4n) is 2.48. The van der Waals surface area contributed by atoms with Crippen LogP contribution in [0, 0.1) is 18.3 Å². The van der Waals surface area contributed by atoms with Crippen molar-refractivity contribution in [2.24, 2.45) is 22.2 Å². The van der Waals surface area contributed by atoms with Crippen molar-refractivity contribution < 1.29 is 14.5 Å². The zero-order chi connectivity index (χ0) is 14.0. The van der Waals surface area contributed by atoms with Crippen molar-refractivity contribution in [1.82, 2.24) is 15.5 Å². The molecular weight excluding hydrogens is 250 g/mol. The molecule has 0 radical (unpaired) electrons. The van der Waals surface area contributed by atoms with Crippen molar-refractivity contribution in [2.75, 3.05) is 0 Å². The van der Waals surface area contributed by atoms with Crippen LogP contribution in [0.25, 0.3) is 0 Å². The number of carbonyl (C=O) groups is 1. The molecule has 0 aromatic carbocycles. The average Bonchev–Trinajstić information content (AvgIpc) is 2.76. The molecule has 8 heteroatoms. The van der Waals surface area contributed by atoms with Crippen LogP contribution >= 0.6 is 0 Å². The van der Waals surface area contributed by atoms with Gasteiger partial charge in [0.1, 0.15) is 5.41 Å². The molecule has 0 spiro atoms. The molecule has 19 heavy (non-hydrogen) atoms. The Kier molecular flexibility index (Phi) is 3.41. The monoisotopic (exact) mass is 267 g/mol. The second-order valence-corrected chi connectivity index (χ2v) is 4.99. The molecule has 0 saturated heterocycles. The highest BCUT2D eigenvalue weighted by Gasteiger charge is 2.52. The summed E-state index contributed by atoms with van der Waals surface area (Å²) >= 11 is 0. The number of carbonyl (C=O) groups excluding carboxylic acids is 1. The number of nitrogens with zero attached hydrogens (tertiary/aromatic N) is 3. The van der Waals surface area contributed by atoms with Gasteiger partial charge in [-0.25, -0.2) is 0 Å². The topological polar surface area (TPSA) is 127 Å². The van der Waals surface area contributed by atoms with E-state index >= 15 is 0 Å². The summed E-state index contributed by atoms with van der Waals surface area (Å²) in [5.41, 5.74) is 4.73. The lowest BCUT2D eigenvalue weighted by atomic mass is 9.61. The van der Waals surface area contributed by atoms with Gasteiger partial charge >= 0.3 is 0 Å². The van der Waals surface area contributed by atoms with Crippen LogP contribution < -0.4 is 11.1 Å². The van der Waals surface area contributed by atoms with Gasteiger partial charge in [-0.15, -0.1) is 0 Å². The number of amides is 1. The summed E-state index contributed by atoms with van der Waals surface area (Å²) in [6.07, 6.45) is 1.14. The molecule has 1 aliphatic carbocycles. The van der Waals surface area contributed by atoms with Gasteiger partial charge in [0.05, 0.1) is 6.54 Å². The Hall–Kier alpha value is -2.12. The largest absolute Gasteiger partial charge is 0.409 e. The van der Waals surface area contributed by atoms with E-state index in [1.54, 1.807) is 6.92 Å². The number of nitrogens with one attached hydrogen (secondary N) is 1. The lowest BCUT2D eigenvalue weighted by Crippen LogP contribution is -2.56. The number of aromatic nitrogens is 2. The molecule has 1 aliphatic rings. The van der Waals surface area contributed by atoms with E-state index < -0.39 is 5.41 Å². The normalized spacial score (nSPS) is 26.8. The van der Waals surface area contributed by atoms with Crippen molar-refractivity contribution in [3.63, 3.8) is 0 Å². The summed E-state index contributed by atoms with van der Waals surface area (Å²) in [5.74, 6) is 0.884. The number of hydrogen-bond acceptors (Lipinski definition) is 6. The summed E-state index contributed by atoms with van der Waals surface area (Å²) in [7, 11) is 0. The molecule has 1 fully saturated rings. The summed E-state index contributed by atoms with van der Waals surface area (Å²) in [6, 6.07) is 0. The standard InChI is InChI=1S/C11H17N5O3/c1-6-3-11(4-6,9(12)15-18)10(17)13-5-8-14-7(2)19-16-8/h6,18H,3-5H2,1-2H3,(H2,12,15)(H,13,17). The minimum Gasteiger partial charge on any atom is -0.409 e. The van der Waals surface area contributed by atoms with Gasteiger partial charge in [-0.3, -0.25) is 4.79 Å². The molecule has 4 N–H and O–H groups in total. The third-order valence-electron chi connectivity index (χ3n) is 3.40. The quantitative estimate of drug-likeness (QED) is 0.308. The maximum absolute atomic E-state index is 12.2. The minimum absolute atomic E-state index is 0.0487. The zero-order valence-electron chi connectivity index (χ0n) is 10.9. The molecule has 0 bridgehead atoms. The highest BCUT2D eigenvalue weighted by atomic mass is 16.5. The Bertz CT molecular complexity index is 504. The first-order valence-electron chi connectivity index (χ1n) is 6.03. The van der Waals surface area contributed by atoms with Gasteiger partial charge in [-0.1, -0.05) is 17.2 Å². The van der Waals surface area contributed by atoms with Gasteiger partial charge in [-0.2, -0.15) is 4.98 Å². The summed E-state index contributed by atoms with van der Waals surface area (Å²) in [6.45, 7) is 3.84. The maximum Gasteiger partial charge on any atom is 0.234 e. The van der Waals surface area contributed by atoms with Crippen LogP contribution in [0.1, 0.15) is 31.5 Å². The fraction of sp³-hybridized carbons (Fsp3) is 0.636. The van der Waals surface area contributed by atoms with E-state index in [0.29, 0.717) is 30.5 Å². The molecular formula is C11H17N5O3. The molecule has 1 amide bonds. The van der Waals surface area contributed by atoms with Crippen molar-refractivity contribution in [2.45, 2.75) is 33.2 Å². The summed E-state index contributed by atoms with van der Waals surface area (Å²) in [5, 5.41) is 18.2. The number of rotatable bonds is 4. The third kappa shape index (κ3) is 2.38. The highest BCUT2D eigenvalue weighted by molar-refractivity contribution is 6.07. The number of aryl methyl sites for hydroxylation is 1. The number of hydrogen-bond donors (Lipinski definition) is 3. The number of amidine groups is 1. The minimum atomic E-state index is -0.910. The molecule has 1 aromatic rings. The third-order valence-corrected chi connectivity index (χ3v) is 3.40. The second kappa shape index (κ2) is 4.87. The Labute approximate surface area is 110 Å². The van der Waals surface area contributed by atoms with E-state index in [1.807, 2.05) is 6.92 Å². The van der Waals surface area contributed by atoms with Crippen LogP contribution in [0.5, 0.6) is 0 Å². The number of nitrogens with two attached hydrogens (primary N) is 1. The first-order valence-corrected chi connectivity index (χ1v) is 6.03.